The maximum Gasteiger partial charge on any atom is 0.429 e. The van der Waals surface area contributed by atoms with Crippen LogP contribution in [0, 0.1) is 13.8 Å². The average molecular weight is 378 g/mol. The number of ether oxygens (including phenoxy) is 1. The monoisotopic (exact) mass is 378 g/mol. The highest BCUT2D eigenvalue weighted by Gasteiger charge is 2.61. The first kappa shape index (κ1) is 18.8. The molecule has 0 aliphatic carbocycles. The van der Waals surface area contributed by atoms with Crippen LogP contribution in [0.3, 0.4) is 0 Å². The Hall–Kier alpha value is -3.01. The minimum absolute atomic E-state index is 0.112. The van der Waals surface area contributed by atoms with E-state index in [2.05, 4.69) is 20.1 Å². The number of benzene rings is 1. The summed E-state index contributed by atoms with van der Waals surface area (Å²) in [6.07, 6.45) is -4.85. The van der Waals surface area contributed by atoms with Crippen molar-refractivity contribution in [1.29, 1.82) is 0 Å². The van der Waals surface area contributed by atoms with Crippen LogP contribution < -0.4 is 5.73 Å². The van der Waals surface area contributed by atoms with E-state index in [1.165, 1.54) is 30.3 Å². The predicted molar refractivity (Wildman–Crippen MR) is 91.1 cm³/mol. The van der Waals surface area contributed by atoms with Crippen molar-refractivity contribution in [2.75, 3.05) is 12.8 Å². The fraction of sp³-hybridized carbons (Fsp3) is 0.294. The third kappa shape index (κ3) is 3.12. The first-order chi connectivity index (χ1) is 12.7. The molecule has 7 nitrogen and oxygen atoms in total. The molecule has 1 atom stereocenters. The Morgan fingerprint density at radius 3 is 2.26 bits per heavy atom. The van der Waals surface area contributed by atoms with Gasteiger partial charge in [-0.25, -0.2) is 9.97 Å². The zero-order valence-electron chi connectivity index (χ0n) is 14.8. The summed E-state index contributed by atoms with van der Waals surface area (Å²) in [4.78, 5) is 12.2. The van der Waals surface area contributed by atoms with Gasteiger partial charge < -0.3 is 10.5 Å². The van der Waals surface area contributed by atoms with E-state index in [0.29, 0.717) is 11.5 Å². The van der Waals surface area contributed by atoms with Crippen molar-refractivity contribution in [3.8, 4) is 5.82 Å². The molecule has 0 saturated heterocycles. The highest BCUT2D eigenvalue weighted by molar-refractivity contribution is 5.38. The Bertz CT molecular complexity index is 937. The van der Waals surface area contributed by atoms with Crippen molar-refractivity contribution >= 4 is 5.95 Å². The summed E-state index contributed by atoms with van der Waals surface area (Å²) in [6, 6.07) is 8.68. The van der Waals surface area contributed by atoms with E-state index in [0.717, 1.165) is 11.8 Å². The summed E-state index contributed by atoms with van der Waals surface area (Å²) < 4.78 is 49.0. The molecule has 10 heteroatoms. The third-order valence-electron chi connectivity index (χ3n) is 3.99. The molecule has 1 aromatic carbocycles. The van der Waals surface area contributed by atoms with E-state index in [1.807, 2.05) is 0 Å². The molecule has 0 fully saturated rings. The molecule has 0 aliphatic rings. The first-order valence-corrected chi connectivity index (χ1v) is 7.92. The van der Waals surface area contributed by atoms with Crippen LogP contribution in [0.4, 0.5) is 19.1 Å². The number of aryl methyl sites for hydroxylation is 2. The lowest BCUT2D eigenvalue weighted by molar-refractivity contribution is -0.261. The molecule has 2 heterocycles. The number of hydrogen-bond donors (Lipinski definition) is 1. The van der Waals surface area contributed by atoms with Gasteiger partial charge in [-0.15, -0.1) is 5.10 Å². The fourth-order valence-electron chi connectivity index (χ4n) is 2.94. The van der Waals surface area contributed by atoms with Crippen LogP contribution in [0.15, 0.2) is 36.4 Å². The molecule has 3 aromatic rings. The number of alkyl halides is 3. The minimum Gasteiger partial charge on any atom is -0.366 e. The van der Waals surface area contributed by atoms with Crippen LogP contribution in [0.2, 0.25) is 0 Å². The molecule has 27 heavy (non-hydrogen) atoms. The fourth-order valence-corrected chi connectivity index (χ4v) is 2.94. The highest BCUT2D eigenvalue weighted by atomic mass is 19.4. The van der Waals surface area contributed by atoms with E-state index < -0.39 is 17.6 Å². The van der Waals surface area contributed by atoms with Gasteiger partial charge in [0.1, 0.15) is 5.82 Å². The maximum atomic E-state index is 14.3. The van der Waals surface area contributed by atoms with Crippen LogP contribution in [-0.2, 0) is 10.3 Å². The minimum atomic E-state index is -4.85. The Morgan fingerprint density at radius 2 is 1.70 bits per heavy atom. The Morgan fingerprint density at radius 1 is 1.04 bits per heavy atom. The zero-order chi connectivity index (χ0) is 19.8. The summed E-state index contributed by atoms with van der Waals surface area (Å²) in [5.41, 5.74) is 3.18. The van der Waals surface area contributed by atoms with Crippen molar-refractivity contribution in [3.63, 3.8) is 0 Å². The number of anilines is 1. The quantitative estimate of drug-likeness (QED) is 0.751. The lowest BCUT2D eigenvalue weighted by Gasteiger charge is -2.33. The molecule has 2 N–H and O–H groups in total. The number of nitrogens with two attached hydrogens (primary N) is 1. The van der Waals surface area contributed by atoms with Gasteiger partial charge in [0.25, 0.3) is 0 Å². The third-order valence-corrected chi connectivity index (χ3v) is 3.99. The number of nitrogen functional groups attached to an aromatic ring is 1. The standard InChI is InChI=1S/C17H17F3N6O/c1-10-9-13(23-11(2)22-10)26-14(24-15(21)25-26)16(27-3,17(18,19)20)12-7-5-4-6-8-12/h4-9H,1-3H3,(H2,21,25). The van der Waals surface area contributed by atoms with Crippen molar-refractivity contribution in [2.45, 2.75) is 25.6 Å². The Kier molecular flexibility index (Phi) is 4.60. The van der Waals surface area contributed by atoms with Crippen molar-refractivity contribution in [2.24, 2.45) is 0 Å². The number of halogens is 3. The van der Waals surface area contributed by atoms with Crippen molar-refractivity contribution in [1.82, 2.24) is 24.7 Å². The van der Waals surface area contributed by atoms with E-state index in [1.54, 1.807) is 19.9 Å². The summed E-state index contributed by atoms with van der Waals surface area (Å²) in [5, 5.41) is 3.93. The molecule has 3 rings (SSSR count). The number of methoxy groups -OCH3 is 1. The van der Waals surface area contributed by atoms with Crippen LogP contribution in [0.25, 0.3) is 5.82 Å². The van der Waals surface area contributed by atoms with E-state index >= 15 is 0 Å². The molecule has 1 unspecified atom stereocenters. The van der Waals surface area contributed by atoms with Gasteiger partial charge in [-0.3, -0.25) is 0 Å². The number of hydrogen-bond acceptors (Lipinski definition) is 6. The Balaban J connectivity index is 2.35. The first-order valence-electron chi connectivity index (χ1n) is 7.92. The summed E-state index contributed by atoms with van der Waals surface area (Å²) >= 11 is 0. The highest BCUT2D eigenvalue weighted by Crippen LogP contribution is 2.46. The number of rotatable bonds is 4. The summed E-state index contributed by atoms with van der Waals surface area (Å²) in [7, 11) is 0.964. The van der Waals surface area contributed by atoms with Crippen LogP contribution in [-0.4, -0.2) is 38.0 Å². The van der Waals surface area contributed by atoms with Crippen molar-refractivity contribution in [3.05, 3.63) is 59.3 Å². The molecule has 0 spiro atoms. The molecule has 2 aromatic heterocycles. The van der Waals surface area contributed by atoms with Gasteiger partial charge in [-0.2, -0.15) is 22.8 Å². The number of aromatic nitrogens is 5. The topological polar surface area (TPSA) is 91.7 Å². The number of nitrogens with zero attached hydrogens (tertiary/aromatic N) is 5. The second-order valence-electron chi connectivity index (χ2n) is 5.87. The molecule has 142 valence electrons. The molecule has 0 radical (unpaired) electrons. The molecular weight excluding hydrogens is 361 g/mol. The van der Waals surface area contributed by atoms with E-state index in [-0.39, 0.29) is 17.3 Å². The van der Waals surface area contributed by atoms with Gasteiger partial charge in [0.15, 0.2) is 11.6 Å². The van der Waals surface area contributed by atoms with Gasteiger partial charge in [-0.05, 0) is 13.8 Å². The second-order valence-corrected chi connectivity index (χ2v) is 5.87. The zero-order valence-corrected chi connectivity index (χ0v) is 14.8. The molecule has 0 bridgehead atoms. The normalized spacial score (nSPS) is 14.1. The predicted octanol–water partition coefficient (Wildman–Crippen LogP) is 2.71. The van der Waals surface area contributed by atoms with Gasteiger partial charge >= 0.3 is 6.18 Å². The largest absolute Gasteiger partial charge is 0.429 e. The molecule has 0 aliphatic heterocycles. The van der Waals surface area contributed by atoms with Crippen LogP contribution in [0.1, 0.15) is 22.9 Å². The lowest BCUT2D eigenvalue weighted by Crippen LogP contribution is -2.47. The summed E-state index contributed by atoms with van der Waals surface area (Å²) in [5.74, 6) is -0.389. The van der Waals surface area contributed by atoms with E-state index in [9.17, 15) is 13.2 Å². The van der Waals surface area contributed by atoms with Crippen molar-refractivity contribution < 1.29 is 17.9 Å². The maximum absolute atomic E-state index is 14.3. The van der Waals surface area contributed by atoms with Gasteiger partial charge in [0.2, 0.25) is 11.5 Å². The van der Waals surface area contributed by atoms with Gasteiger partial charge in [-0.1, -0.05) is 30.3 Å². The second kappa shape index (κ2) is 6.62. The van der Waals surface area contributed by atoms with Crippen LogP contribution >= 0.6 is 0 Å². The Labute approximate surface area is 153 Å². The SMILES string of the molecule is COC(c1ccccc1)(c1nc(N)nn1-c1cc(C)nc(C)n1)C(F)(F)F. The smallest absolute Gasteiger partial charge is 0.366 e. The summed E-state index contributed by atoms with van der Waals surface area (Å²) in [6.45, 7) is 3.32. The lowest BCUT2D eigenvalue weighted by atomic mass is 9.91. The molecular formula is C17H17F3N6O. The van der Waals surface area contributed by atoms with E-state index in [4.69, 9.17) is 10.5 Å². The van der Waals surface area contributed by atoms with Gasteiger partial charge in [0, 0.05) is 24.4 Å². The molecule has 0 saturated carbocycles. The average Bonchev–Trinajstić information content (AvgIpc) is 2.97. The van der Waals surface area contributed by atoms with Gasteiger partial charge in [0.05, 0.1) is 0 Å². The molecule has 0 amide bonds. The van der Waals surface area contributed by atoms with Crippen LogP contribution in [0.5, 0.6) is 0 Å².